The van der Waals surface area contributed by atoms with Crippen LogP contribution in [0, 0.1) is 0 Å². The van der Waals surface area contributed by atoms with Gasteiger partial charge in [-0.3, -0.25) is 0 Å². The molecule has 0 atom stereocenters. The fraction of sp³-hybridized carbons (Fsp3) is 1.00. The number of hydrogen-bond acceptors (Lipinski definition) is 0. The van der Waals surface area contributed by atoms with Gasteiger partial charge in [0.2, 0.25) is 0 Å². The first-order chi connectivity index (χ1) is 5.24. The Morgan fingerprint density at radius 2 is 1.00 bits per heavy atom. The van der Waals surface area contributed by atoms with Crippen LogP contribution in [0.5, 0.6) is 0 Å². The Hall–Kier alpha value is 2.28. The van der Waals surface area contributed by atoms with Crippen LogP contribution >= 0.6 is 32.0 Å². The minimum absolute atomic E-state index is 0. The second-order valence-corrected chi connectivity index (χ2v) is 9.88. The van der Waals surface area contributed by atoms with Crippen LogP contribution in [0.25, 0.3) is 22.9 Å². The summed E-state index contributed by atoms with van der Waals surface area (Å²) in [5, 5.41) is 0. The zero-order chi connectivity index (χ0) is 9.54. The first kappa shape index (κ1) is 23.8. The SMILES string of the molecule is [Br][Ag][I].[NH-]CC[NH-].[NH-]CC[NH-].[Ni+2]. The molecule has 0 aliphatic rings. The Bertz CT molecular complexity index is 42.2. The Balaban J connectivity index is -0.0000000389. The van der Waals surface area contributed by atoms with E-state index >= 15 is 0 Å². The topological polar surface area (TPSA) is 95.2 Å². The zero-order valence-corrected chi connectivity index (χ0v) is 12.4. The van der Waals surface area contributed by atoms with E-state index in [4.69, 9.17) is 22.9 Å². The van der Waals surface area contributed by atoms with Crippen LogP contribution in [0.3, 0.4) is 0 Å². The molecule has 0 aromatic heterocycles. The van der Waals surface area contributed by atoms with Crippen molar-refractivity contribution in [2.24, 2.45) is 0 Å². The van der Waals surface area contributed by atoms with E-state index in [1.54, 1.807) is 0 Å². The number of nitrogens with one attached hydrogen (secondary N) is 4. The molecule has 4 nitrogen and oxygen atoms in total. The fourth-order valence-electron chi connectivity index (χ4n) is 0. The Morgan fingerprint density at radius 3 is 1.00 bits per heavy atom. The van der Waals surface area contributed by atoms with Crippen LogP contribution in [0.15, 0.2) is 0 Å². The van der Waals surface area contributed by atoms with Gasteiger partial charge >= 0.3 is 62.3 Å². The molecule has 0 amide bonds. The quantitative estimate of drug-likeness (QED) is 0.415. The monoisotopic (exact) mass is 487 g/mol. The van der Waals surface area contributed by atoms with Gasteiger partial charge in [-0.2, -0.15) is 26.2 Å². The molecule has 12 heavy (non-hydrogen) atoms. The van der Waals surface area contributed by atoms with Gasteiger partial charge in [0.15, 0.2) is 0 Å². The van der Waals surface area contributed by atoms with E-state index in [0.717, 1.165) is 13.8 Å². The molecule has 0 fully saturated rings. The summed E-state index contributed by atoms with van der Waals surface area (Å²) in [6.45, 7) is 0.944. The third-order valence-electron chi connectivity index (χ3n) is 0.250. The molecule has 0 aliphatic carbocycles. The van der Waals surface area contributed by atoms with Crippen molar-refractivity contribution in [2.75, 3.05) is 26.2 Å². The molecular weight excluding hydrogens is 477 g/mol. The van der Waals surface area contributed by atoms with Gasteiger partial charge in [0, 0.05) is 0 Å². The van der Waals surface area contributed by atoms with Crippen LogP contribution in [0.4, 0.5) is 0 Å². The predicted molar refractivity (Wildman–Crippen MR) is 59.7 cm³/mol. The van der Waals surface area contributed by atoms with Gasteiger partial charge in [-0.05, 0) is 0 Å². The van der Waals surface area contributed by atoms with Gasteiger partial charge in [-0.25, -0.2) is 0 Å². The van der Waals surface area contributed by atoms with Crippen LogP contribution in [-0.2, 0) is 30.3 Å². The molecule has 0 saturated carbocycles. The summed E-state index contributed by atoms with van der Waals surface area (Å²) in [6.07, 6.45) is 0. The predicted octanol–water partition coefficient (Wildman–Crippen LogP) is 3.91. The molecule has 0 radical (unpaired) electrons. The zero-order valence-electron chi connectivity index (χ0n) is 6.20. The maximum absolute atomic E-state index is 6.26. The second kappa shape index (κ2) is 37.8. The van der Waals surface area contributed by atoms with Crippen molar-refractivity contribution in [1.82, 2.24) is 0 Å². The number of hydrogen-bond donors (Lipinski definition) is 0. The first-order valence-electron chi connectivity index (χ1n) is 2.64. The summed E-state index contributed by atoms with van der Waals surface area (Å²) >= 11 is 6.25. The second-order valence-electron chi connectivity index (χ2n) is 1.04. The molecule has 0 aromatic rings. The standard InChI is InChI=1S/2C2H6N2.Ag.BrH.HI.Ni/c2*3-1-2-4;;;;/h2*3-4H,1-2H2;;2*1H;/q2*-2;+2;;;+2/p-2. The van der Waals surface area contributed by atoms with Crippen molar-refractivity contribution in [1.29, 1.82) is 0 Å². The van der Waals surface area contributed by atoms with Gasteiger partial charge in [-0.15, -0.1) is 0 Å². The Kier molecular flexibility index (Phi) is 75.0. The summed E-state index contributed by atoms with van der Waals surface area (Å²) in [6, 6.07) is 0. The average molecular weight is 490 g/mol. The molecule has 4 N–H and O–H groups in total. The molecule has 0 spiro atoms. The third-order valence-corrected chi connectivity index (χ3v) is 0.250. The van der Waals surface area contributed by atoms with E-state index in [2.05, 4.69) is 32.0 Å². The van der Waals surface area contributed by atoms with Crippen LogP contribution in [0.1, 0.15) is 0 Å². The average Bonchev–Trinajstić information content (AvgIpc) is 2.06. The van der Waals surface area contributed by atoms with Gasteiger partial charge in [0.05, 0.1) is 0 Å². The molecule has 0 aromatic carbocycles. The molecule has 8 heteroatoms. The molecule has 0 aliphatic heterocycles. The largest absolute Gasteiger partial charge is 2.00 e. The van der Waals surface area contributed by atoms with Crippen molar-refractivity contribution >= 4 is 32.0 Å². The maximum atomic E-state index is 6.26. The summed E-state index contributed by atoms with van der Waals surface area (Å²) < 4.78 is 0. The smallest absolute Gasteiger partial charge is 0.679 e. The molecule has 0 bridgehead atoms. The van der Waals surface area contributed by atoms with Gasteiger partial charge < -0.3 is 22.9 Å². The number of rotatable bonds is 2. The molecule has 0 heterocycles. The van der Waals surface area contributed by atoms with Crippen molar-refractivity contribution in [3.8, 4) is 0 Å². The van der Waals surface area contributed by atoms with E-state index < -0.39 is 0 Å². The van der Waals surface area contributed by atoms with Gasteiger partial charge in [-0.1, -0.05) is 0 Å². The maximum Gasteiger partial charge on any atom is 2.00 e. The van der Waals surface area contributed by atoms with Gasteiger partial charge in [0.25, 0.3) is 0 Å². The Morgan fingerprint density at radius 1 is 0.917 bits per heavy atom. The summed E-state index contributed by atoms with van der Waals surface area (Å²) in [5.74, 6) is 0. The van der Waals surface area contributed by atoms with Crippen LogP contribution in [-0.4, -0.2) is 26.2 Å². The molecule has 0 saturated heterocycles. The van der Waals surface area contributed by atoms with Crippen LogP contribution < -0.4 is 0 Å². The van der Waals surface area contributed by atoms with E-state index in [-0.39, 0.29) is 42.7 Å². The van der Waals surface area contributed by atoms with E-state index in [9.17, 15) is 0 Å². The van der Waals surface area contributed by atoms with Crippen molar-refractivity contribution in [3.05, 3.63) is 22.9 Å². The Labute approximate surface area is 110 Å². The molecule has 0 rings (SSSR count). The summed E-state index contributed by atoms with van der Waals surface area (Å²) in [5.41, 5.74) is 25.1. The van der Waals surface area contributed by atoms with Gasteiger partial charge in [0.1, 0.15) is 0 Å². The van der Waals surface area contributed by atoms with E-state index in [1.807, 2.05) is 0 Å². The molecule has 0 unspecified atom stereocenters. The molecular formula is C4H12AgBrIN4Ni-2. The normalized spacial score (nSPS) is 6.83. The first-order valence-corrected chi connectivity index (χ1v) is 10.4. The van der Waals surface area contributed by atoms with E-state index in [0.29, 0.717) is 0 Å². The fourth-order valence-corrected chi connectivity index (χ4v) is 0. The molecule has 85 valence electrons. The van der Waals surface area contributed by atoms with Crippen LogP contribution in [0.2, 0.25) is 0 Å². The van der Waals surface area contributed by atoms with Crippen molar-refractivity contribution in [3.63, 3.8) is 0 Å². The third kappa shape index (κ3) is 85.2. The number of halogens is 2. The van der Waals surface area contributed by atoms with E-state index in [1.165, 1.54) is 0 Å². The minimum Gasteiger partial charge on any atom is -0.679 e. The summed E-state index contributed by atoms with van der Waals surface area (Å²) in [7, 11) is 0. The van der Waals surface area contributed by atoms with Crippen molar-refractivity contribution in [2.45, 2.75) is 0 Å². The summed E-state index contributed by atoms with van der Waals surface area (Å²) in [4.78, 5) is 0. The van der Waals surface area contributed by atoms with Crippen molar-refractivity contribution < 1.29 is 30.3 Å². The minimum atomic E-state index is 0.